The van der Waals surface area contributed by atoms with Crippen LogP contribution < -0.4 is 0 Å². The predicted molar refractivity (Wildman–Crippen MR) is 66.1 cm³/mol. The zero-order valence-electron chi connectivity index (χ0n) is 9.99. The van der Waals surface area contributed by atoms with Crippen LogP contribution in [0.3, 0.4) is 0 Å². The maximum Gasteiger partial charge on any atom is 0.336 e. The van der Waals surface area contributed by atoms with Crippen molar-refractivity contribution >= 4 is 23.7 Å². The molecule has 0 heterocycles. The molecule has 0 aliphatic heterocycles. The van der Waals surface area contributed by atoms with Crippen molar-refractivity contribution in [3.8, 4) is 0 Å². The topological polar surface area (TPSA) is 118 Å². The number of hydrogen-bond acceptors (Lipinski definition) is 4. The van der Waals surface area contributed by atoms with E-state index in [9.17, 15) is 19.7 Å². The first-order valence-corrected chi connectivity index (χ1v) is 5.23. The number of rotatable bonds is 5. The Morgan fingerprint density at radius 3 is 2.47 bits per heavy atom. The lowest BCUT2D eigenvalue weighted by Gasteiger charge is -2.04. The Kier molecular flexibility index (Phi) is 4.36. The summed E-state index contributed by atoms with van der Waals surface area (Å²) in [6, 6.07) is 2.48. The van der Waals surface area contributed by atoms with E-state index in [0.29, 0.717) is 0 Å². The van der Waals surface area contributed by atoms with Gasteiger partial charge < -0.3 is 10.2 Å². The minimum absolute atomic E-state index is 0.0629. The van der Waals surface area contributed by atoms with Crippen molar-refractivity contribution in [2.24, 2.45) is 0 Å². The molecule has 2 N–H and O–H groups in total. The van der Waals surface area contributed by atoms with Crippen molar-refractivity contribution in [2.45, 2.75) is 13.3 Å². The van der Waals surface area contributed by atoms with Gasteiger partial charge >= 0.3 is 11.9 Å². The molecular weight excluding hydrogens is 254 g/mol. The number of aliphatic carboxylic acids is 1. The van der Waals surface area contributed by atoms with Crippen LogP contribution in [0.2, 0.25) is 0 Å². The SMILES string of the molecule is Cc1c(C(=O)O)cc(C=CCC(=O)O)cc1[N+](=O)[O-]. The number of aromatic carboxylic acids is 1. The number of nitro benzene ring substituents is 1. The van der Waals surface area contributed by atoms with Crippen LogP contribution in [0.4, 0.5) is 5.69 Å². The van der Waals surface area contributed by atoms with Crippen molar-refractivity contribution in [2.75, 3.05) is 0 Å². The highest BCUT2D eigenvalue weighted by molar-refractivity contribution is 5.91. The first-order chi connectivity index (χ1) is 8.82. The zero-order chi connectivity index (χ0) is 14.6. The number of carboxylic acid groups (broad SMARTS) is 2. The first-order valence-electron chi connectivity index (χ1n) is 5.23. The Hall–Kier alpha value is -2.70. The Bertz CT molecular complexity index is 541. The lowest BCUT2D eigenvalue weighted by atomic mass is 10.0. The Morgan fingerprint density at radius 2 is 2.00 bits per heavy atom. The van der Waals surface area contributed by atoms with Crippen LogP contribution in [0.5, 0.6) is 0 Å². The summed E-state index contributed by atoms with van der Waals surface area (Å²) in [5, 5.41) is 28.3. The monoisotopic (exact) mass is 265 g/mol. The van der Waals surface area contributed by atoms with Crippen molar-refractivity contribution in [3.63, 3.8) is 0 Å². The summed E-state index contributed by atoms with van der Waals surface area (Å²) in [5.41, 5.74) is -0.150. The Morgan fingerprint density at radius 1 is 1.37 bits per heavy atom. The fraction of sp³-hybridized carbons (Fsp3) is 0.167. The molecule has 0 amide bonds. The molecule has 0 aliphatic carbocycles. The summed E-state index contributed by atoms with van der Waals surface area (Å²) in [4.78, 5) is 31.5. The molecular formula is C12H11NO6. The van der Waals surface area contributed by atoms with E-state index in [2.05, 4.69) is 0 Å². The van der Waals surface area contributed by atoms with Crippen LogP contribution >= 0.6 is 0 Å². The summed E-state index contributed by atoms with van der Waals surface area (Å²) in [6.07, 6.45) is 2.39. The molecule has 19 heavy (non-hydrogen) atoms. The molecule has 0 aliphatic rings. The minimum atomic E-state index is -1.27. The molecule has 0 bridgehead atoms. The van der Waals surface area contributed by atoms with E-state index in [-0.39, 0.29) is 28.8 Å². The molecule has 0 unspecified atom stereocenters. The Balaban J connectivity index is 3.27. The van der Waals surface area contributed by atoms with Gasteiger partial charge in [-0.25, -0.2) is 4.79 Å². The van der Waals surface area contributed by atoms with E-state index in [4.69, 9.17) is 10.2 Å². The second kappa shape index (κ2) is 5.76. The van der Waals surface area contributed by atoms with Crippen LogP contribution in [-0.2, 0) is 4.79 Å². The zero-order valence-corrected chi connectivity index (χ0v) is 9.99. The highest BCUT2D eigenvalue weighted by Crippen LogP contribution is 2.24. The quantitative estimate of drug-likeness (QED) is 0.621. The minimum Gasteiger partial charge on any atom is -0.481 e. The van der Waals surface area contributed by atoms with Gasteiger partial charge in [0, 0.05) is 11.6 Å². The van der Waals surface area contributed by atoms with Crippen LogP contribution in [0.1, 0.15) is 27.9 Å². The highest BCUT2D eigenvalue weighted by atomic mass is 16.6. The van der Waals surface area contributed by atoms with Gasteiger partial charge in [-0.15, -0.1) is 0 Å². The maximum absolute atomic E-state index is 11.0. The summed E-state index contributed by atoms with van der Waals surface area (Å²) in [5.74, 6) is -2.31. The number of carbonyl (C=O) groups is 2. The number of carboxylic acids is 2. The van der Waals surface area contributed by atoms with Crippen molar-refractivity contribution < 1.29 is 24.7 Å². The summed E-state index contributed by atoms with van der Waals surface area (Å²) in [6.45, 7) is 1.35. The van der Waals surface area contributed by atoms with Gasteiger partial charge in [-0.05, 0) is 18.6 Å². The van der Waals surface area contributed by atoms with Gasteiger partial charge in [0.2, 0.25) is 0 Å². The lowest BCUT2D eigenvalue weighted by molar-refractivity contribution is -0.385. The average molecular weight is 265 g/mol. The van der Waals surface area contributed by atoms with Gasteiger partial charge in [-0.1, -0.05) is 12.2 Å². The lowest BCUT2D eigenvalue weighted by Crippen LogP contribution is -2.03. The molecule has 0 spiro atoms. The summed E-state index contributed by atoms with van der Waals surface area (Å²) in [7, 11) is 0. The van der Waals surface area contributed by atoms with E-state index in [1.165, 1.54) is 31.2 Å². The Labute approximate surface area is 107 Å². The van der Waals surface area contributed by atoms with E-state index in [1.807, 2.05) is 0 Å². The van der Waals surface area contributed by atoms with Crippen LogP contribution in [0.25, 0.3) is 6.08 Å². The van der Waals surface area contributed by atoms with Crippen molar-refractivity contribution in [1.29, 1.82) is 0 Å². The fourth-order valence-electron chi connectivity index (χ4n) is 1.52. The third kappa shape index (κ3) is 3.63. The average Bonchev–Trinajstić information content (AvgIpc) is 2.29. The maximum atomic E-state index is 11.0. The van der Waals surface area contributed by atoms with E-state index >= 15 is 0 Å². The molecule has 0 atom stereocenters. The van der Waals surface area contributed by atoms with Gasteiger partial charge in [0.15, 0.2) is 0 Å². The molecule has 7 heteroatoms. The summed E-state index contributed by atoms with van der Waals surface area (Å²) >= 11 is 0. The third-order valence-corrected chi connectivity index (χ3v) is 2.43. The molecule has 0 saturated heterocycles. The van der Waals surface area contributed by atoms with Crippen molar-refractivity contribution in [3.05, 3.63) is 45.0 Å². The molecule has 100 valence electrons. The summed E-state index contributed by atoms with van der Waals surface area (Å²) < 4.78 is 0. The normalized spacial score (nSPS) is 10.6. The first kappa shape index (κ1) is 14.4. The number of benzene rings is 1. The van der Waals surface area contributed by atoms with Crippen LogP contribution in [0.15, 0.2) is 18.2 Å². The molecule has 0 radical (unpaired) electrons. The molecule has 1 aromatic carbocycles. The van der Waals surface area contributed by atoms with Gasteiger partial charge in [0.25, 0.3) is 5.69 Å². The largest absolute Gasteiger partial charge is 0.481 e. The predicted octanol–water partition coefficient (Wildman–Crippen LogP) is 2.09. The highest BCUT2D eigenvalue weighted by Gasteiger charge is 2.19. The van der Waals surface area contributed by atoms with Gasteiger partial charge in [0.1, 0.15) is 0 Å². The van der Waals surface area contributed by atoms with Crippen LogP contribution in [-0.4, -0.2) is 27.1 Å². The second-order valence-corrected chi connectivity index (χ2v) is 3.78. The molecule has 1 aromatic rings. The van der Waals surface area contributed by atoms with E-state index in [0.717, 1.165) is 0 Å². The standard InChI is InChI=1S/C12H11NO6/c1-7-9(12(16)17)5-8(3-2-4-11(14)15)6-10(7)13(18)19/h2-3,5-6H,4H2,1H3,(H,14,15)(H,16,17). The number of hydrogen-bond donors (Lipinski definition) is 2. The van der Waals surface area contributed by atoms with E-state index in [1.54, 1.807) is 0 Å². The van der Waals surface area contributed by atoms with Crippen LogP contribution in [0, 0.1) is 17.0 Å². The number of nitrogens with zero attached hydrogens (tertiary/aromatic N) is 1. The van der Waals surface area contributed by atoms with Gasteiger partial charge in [-0.3, -0.25) is 14.9 Å². The number of nitro groups is 1. The molecule has 0 saturated carbocycles. The second-order valence-electron chi connectivity index (χ2n) is 3.78. The molecule has 1 rings (SSSR count). The third-order valence-electron chi connectivity index (χ3n) is 2.43. The molecule has 0 aromatic heterocycles. The van der Waals surface area contributed by atoms with Gasteiger partial charge in [-0.2, -0.15) is 0 Å². The fourth-order valence-corrected chi connectivity index (χ4v) is 1.52. The van der Waals surface area contributed by atoms with E-state index < -0.39 is 16.9 Å². The smallest absolute Gasteiger partial charge is 0.336 e. The van der Waals surface area contributed by atoms with Gasteiger partial charge in [0.05, 0.1) is 16.9 Å². The molecule has 0 fully saturated rings. The molecule has 7 nitrogen and oxygen atoms in total. The van der Waals surface area contributed by atoms with Crippen molar-refractivity contribution in [1.82, 2.24) is 0 Å².